The highest BCUT2D eigenvalue weighted by Gasteiger charge is 2.04. The summed E-state index contributed by atoms with van der Waals surface area (Å²) in [5.41, 5.74) is 2.37. The van der Waals surface area contributed by atoms with E-state index in [4.69, 9.17) is 0 Å². The second-order valence-corrected chi connectivity index (χ2v) is 3.89. The van der Waals surface area contributed by atoms with Crippen LogP contribution in [0.3, 0.4) is 0 Å². The van der Waals surface area contributed by atoms with Gasteiger partial charge in [-0.1, -0.05) is 6.08 Å². The first kappa shape index (κ1) is 11.6. The molecular formula is C13H19NO. The molecule has 15 heavy (non-hydrogen) atoms. The van der Waals surface area contributed by atoms with Crippen LogP contribution in [0.4, 0.5) is 5.69 Å². The zero-order valence-electron chi connectivity index (χ0n) is 9.53. The Labute approximate surface area is 91.9 Å². The van der Waals surface area contributed by atoms with Gasteiger partial charge in [0.1, 0.15) is 5.75 Å². The second kappa shape index (κ2) is 5.44. The van der Waals surface area contributed by atoms with Gasteiger partial charge in [0.2, 0.25) is 0 Å². The first-order valence-electron chi connectivity index (χ1n) is 5.25. The van der Waals surface area contributed by atoms with Crippen LogP contribution in [0.2, 0.25) is 0 Å². The highest BCUT2D eigenvalue weighted by atomic mass is 16.3. The summed E-state index contributed by atoms with van der Waals surface area (Å²) >= 11 is 0. The molecule has 0 saturated heterocycles. The van der Waals surface area contributed by atoms with E-state index in [9.17, 15) is 5.11 Å². The van der Waals surface area contributed by atoms with Gasteiger partial charge in [-0.3, -0.25) is 0 Å². The third kappa shape index (κ3) is 3.31. The molecule has 0 heterocycles. The lowest BCUT2D eigenvalue weighted by Gasteiger charge is -2.17. The Morgan fingerprint density at radius 1 is 1.40 bits per heavy atom. The number of aryl methyl sites for hydroxylation is 1. The molecule has 0 spiro atoms. The largest absolute Gasteiger partial charge is 0.508 e. The molecule has 0 aliphatic rings. The van der Waals surface area contributed by atoms with E-state index in [0.29, 0.717) is 5.75 Å². The average molecular weight is 205 g/mol. The van der Waals surface area contributed by atoms with Gasteiger partial charge in [-0.2, -0.15) is 0 Å². The van der Waals surface area contributed by atoms with Crippen LogP contribution in [-0.2, 0) is 6.42 Å². The Bertz CT molecular complexity index is 331. The van der Waals surface area contributed by atoms with E-state index in [1.165, 1.54) is 11.3 Å². The summed E-state index contributed by atoms with van der Waals surface area (Å²) in [7, 11) is 4.03. The molecule has 2 nitrogen and oxygen atoms in total. The quantitative estimate of drug-likeness (QED) is 0.590. The van der Waals surface area contributed by atoms with Gasteiger partial charge >= 0.3 is 0 Å². The summed E-state index contributed by atoms with van der Waals surface area (Å²) in [5, 5.41) is 9.44. The summed E-state index contributed by atoms with van der Waals surface area (Å²) in [6.45, 7) is 3.71. The minimum Gasteiger partial charge on any atom is -0.508 e. The zero-order chi connectivity index (χ0) is 11.3. The van der Waals surface area contributed by atoms with Crippen molar-refractivity contribution in [3.63, 3.8) is 0 Å². The fourth-order valence-corrected chi connectivity index (χ4v) is 1.65. The summed E-state index contributed by atoms with van der Waals surface area (Å²) in [6.07, 6.45) is 5.00. The number of phenols is 1. The van der Waals surface area contributed by atoms with Crippen LogP contribution in [0.25, 0.3) is 0 Å². The predicted molar refractivity (Wildman–Crippen MR) is 65.6 cm³/mol. The number of phenolic OH excluding ortho intramolecular Hbond substituents is 1. The molecule has 0 unspecified atom stereocenters. The number of hydrogen-bond donors (Lipinski definition) is 1. The molecule has 0 aliphatic heterocycles. The van der Waals surface area contributed by atoms with Crippen molar-refractivity contribution >= 4 is 5.69 Å². The monoisotopic (exact) mass is 205 g/mol. The van der Waals surface area contributed by atoms with Crippen molar-refractivity contribution in [1.29, 1.82) is 0 Å². The highest BCUT2D eigenvalue weighted by molar-refractivity contribution is 5.55. The highest BCUT2D eigenvalue weighted by Crippen LogP contribution is 2.24. The molecule has 1 aromatic rings. The summed E-state index contributed by atoms with van der Waals surface area (Å²) in [5.74, 6) is 0.342. The fraction of sp³-hybridized carbons (Fsp3) is 0.385. The molecule has 0 radical (unpaired) electrons. The van der Waals surface area contributed by atoms with Crippen LogP contribution in [0, 0.1) is 0 Å². The molecule has 1 rings (SSSR count). The van der Waals surface area contributed by atoms with Gasteiger partial charge in [0.15, 0.2) is 0 Å². The lowest BCUT2D eigenvalue weighted by atomic mass is 10.1. The van der Waals surface area contributed by atoms with Crippen molar-refractivity contribution in [2.75, 3.05) is 19.0 Å². The number of rotatable bonds is 5. The SMILES string of the molecule is C=CCCCc1cc(O)ccc1N(C)C. The minimum atomic E-state index is 0.342. The van der Waals surface area contributed by atoms with Crippen molar-refractivity contribution in [3.8, 4) is 5.75 Å². The molecule has 0 aliphatic carbocycles. The van der Waals surface area contributed by atoms with Gasteiger partial charge in [0.05, 0.1) is 0 Å². The van der Waals surface area contributed by atoms with Crippen LogP contribution < -0.4 is 4.90 Å². The van der Waals surface area contributed by atoms with Crippen molar-refractivity contribution in [3.05, 3.63) is 36.4 Å². The minimum absolute atomic E-state index is 0.342. The Hall–Kier alpha value is -1.44. The first-order chi connectivity index (χ1) is 7.15. The maximum Gasteiger partial charge on any atom is 0.116 e. The molecule has 0 aromatic heterocycles. The van der Waals surface area contributed by atoms with Crippen molar-refractivity contribution in [2.24, 2.45) is 0 Å². The second-order valence-electron chi connectivity index (χ2n) is 3.89. The molecule has 1 N–H and O–H groups in total. The summed E-state index contributed by atoms with van der Waals surface area (Å²) in [4.78, 5) is 2.07. The number of benzene rings is 1. The molecule has 0 bridgehead atoms. The fourth-order valence-electron chi connectivity index (χ4n) is 1.65. The standard InChI is InChI=1S/C13H19NO/c1-4-5-6-7-11-10-12(15)8-9-13(11)14(2)3/h4,8-10,15H,1,5-7H2,2-3H3. The molecule has 2 heteroatoms. The van der Waals surface area contributed by atoms with Gasteiger partial charge in [-0.15, -0.1) is 6.58 Å². The number of allylic oxidation sites excluding steroid dienone is 1. The van der Waals surface area contributed by atoms with Crippen molar-refractivity contribution in [2.45, 2.75) is 19.3 Å². The molecule has 0 fully saturated rings. The van der Waals surface area contributed by atoms with Gasteiger partial charge in [0, 0.05) is 19.8 Å². The van der Waals surface area contributed by atoms with E-state index in [1.54, 1.807) is 6.07 Å². The third-order valence-corrected chi connectivity index (χ3v) is 2.40. The van der Waals surface area contributed by atoms with Crippen LogP contribution in [0.15, 0.2) is 30.9 Å². The Kier molecular flexibility index (Phi) is 4.22. The predicted octanol–water partition coefficient (Wildman–Crippen LogP) is 2.97. The number of aromatic hydroxyl groups is 1. The summed E-state index contributed by atoms with van der Waals surface area (Å²) < 4.78 is 0. The lowest BCUT2D eigenvalue weighted by molar-refractivity contribution is 0.474. The van der Waals surface area contributed by atoms with Crippen LogP contribution in [-0.4, -0.2) is 19.2 Å². The topological polar surface area (TPSA) is 23.5 Å². The molecule has 82 valence electrons. The van der Waals surface area contributed by atoms with E-state index in [1.807, 2.05) is 32.3 Å². The molecular weight excluding hydrogens is 186 g/mol. The van der Waals surface area contributed by atoms with Gasteiger partial charge < -0.3 is 10.0 Å². The molecule has 0 saturated carbocycles. The normalized spacial score (nSPS) is 10.0. The summed E-state index contributed by atoms with van der Waals surface area (Å²) in [6, 6.07) is 5.53. The molecule has 1 aromatic carbocycles. The first-order valence-corrected chi connectivity index (χ1v) is 5.25. The van der Waals surface area contributed by atoms with E-state index in [0.717, 1.165) is 19.3 Å². The molecule has 0 amide bonds. The van der Waals surface area contributed by atoms with E-state index in [2.05, 4.69) is 11.5 Å². The Balaban J connectivity index is 2.82. The van der Waals surface area contributed by atoms with E-state index < -0.39 is 0 Å². The van der Waals surface area contributed by atoms with Crippen molar-refractivity contribution in [1.82, 2.24) is 0 Å². The van der Waals surface area contributed by atoms with Crippen LogP contribution in [0.1, 0.15) is 18.4 Å². The number of unbranched alkanes of at least 4 members (excludes halogenated alkanes) is 1. The number of anilines is 1. The molecule has 0 atom stereocenters. The van der Waals surface area contributed by atoms with E-state index >= 15 is 0 Å². The average Bonchev–Trinajstić information content (AvgIpc) is 2.18. The Morgan fingerprint density at radius 3 is 2.73 bits per heavy atom. The maximum atomic E-state index is 9.44. The van der Waals surface area contributed by atoms with Crippen LogP contribution >= 0.6 is 0 Å². The third-order valence-electron chi connectivity index (χ3n) is 2.40. The van der Waals surface area contributed by atoms with Gasteiger partial charge in [-0.05, 0) is 43.0 Å². The van der Waals surface area contributed by atoms with Gasteiger partial charge in [0.25, 0.3) is 0 Å². The van der Waals surface area contributed by atoms with Crippen molar-refractivity contribution < 1.29 is 5.11 Å². The lowest BCUT2D eigenvalue weighted by Crippen LogP contribution is -2.11. The number of hydrogen-bond acceptors (Lipinski definition) is 2. The Morgan fingerprint density at radius 2 is 2.13 bits per heavy atom. The van der Waals surface area contributed by atoms with Crippen LogP contribution in [0.5, 0.6) is 5.75 Å². The van der Waals surface area contributed by atoms with Gasteiger partial charge in [-0.25, -0.2) is 0 Å². The number of nitrogens with zero attached hydrogens (tertiary/aromatic N) is 1. The zero-order valence-corrected chi connectivity index (χ0v) is 9.53. The van der Waals surface area contributed by atoms with E-state index in [-0.39, 0.29) is 0 Å². The smallest absolute Gasteiger partial charge is 0.116 e. The maximum absolute atomic E-state index is 9.44.